The lowest BCUT2D eigenvalue weighted by Gasteiger charge is -2.51. The van der Waals surface area contributed by atoms with Crippen molar-refractivity contribution in [2.45, 2.75) is 63.8 Å². The van der Waals surface area contributed by atoms with Crippen LogP contribution in [-0.2, 0) is 16.1 Å². The number of carboxylic acid groups (broad SMARTS) is 1. The number of aliphatic hydroxyl groups is 1. The number of ether oxygens (including phenoxy) is 1. The molecular weight excluding hydrogens is 416 g/mol. The van der Waals surface area contributed by atoms with E-state index >= 15 is 0 Å². The standard InChI is InChI=1S/C21H30N4O4.CH2O2/c1-14-16(15(2)29-24-14)11-25-9-6-21(7-10-25)13-20(3,27)18(12-28-21)23-19(26)17-5-4-8-22-17;2-1-3/h4-5,8,18,22,27H,6-7,9-13H2,1-3H3,(H,23,26);1H,(H,2,3)/t18-,20-;/m0./s1. The maximum absolute atomic E-state index is 12.4. The molecule has 4 rings (SSSR count). The van der Waals surface area contributed by atoms with Gasteiger partial charge in [0.2, 0.25) is 0 Å². The Balaban J connectivity index is 0.000000913. The monoisotopic (exact) mass is 448 g/mol. The first kappa shape index (κ1) is 24.0. The molecule has 2 fully saturated rings. The molecule has 0 bridgehead atoms. The summed E-state index contributed by atoms with van der Waals surface area (Å²) in [5, 5.41) is 24.9. The highest BCUT2D eigenvalue weighted by atomic mass is 16.5. The first-order valence-electron chi connectivity index (χ1n) is 10.7. The van der Waals surface area contributed by atoms with Crippen molar-refractivity contribution < 1.29 is 29.1 Å². The van der Waals surface area contributed by atoms with Crippen LogP contribution < -0.4 is 5.32 Å². The van der Waals surface area contributed by atoms with E-state index in [1.807, 2.05) is 13.8 Å². The smallest absolute Gasteiger partial charge is 0.290 e. The fraction of sp³-hybridized carbons (Fsp3) is 0.591. The zero-order chi connectivity index (χ0) is 23.4. The number of nitrogens with one attached hydrogen (secondary N) is 2. The lowest BCUT2D eigenvalue weighted by Crippen LogP contribution is -2.63. The van der Waals surface area contributed by atoms with Crippen LogP contribution in [-0.4, -0.2) is 74.6 Å². The van der Waals surface area contributed by atoms with Gasteiger partial charge in [-0.2, -0.15) is 0 Å². The minimum Gasteiger partial charge on any atom is -0.483 e. The normalized spacial score (nSPS) is 25.1. The van der Waals surface area contributed by atoms with Crippen LogP contribution in [0.2, 0.25) is 0 Å². The Bertz CT molecular complexity index is 880. The van der Waals surface area contributed by atoms with Crippen molar-refractivity contribution in [3.63, 3.8) is 0 Å². The molecule has 10 heteroatoms. The molecule has 2 aromatic rings. The zero-order valence-corrected chi connectivity index (χ0v) is 18.8. The largest absolute Gasteiger partial charge is 0.483 e. The number of aromatic nitrogens is 2. The molecule has 1 spiro atoms. The summed E-state index contributed by atoms with van der Waals surface area (Å²) in [7, 11) is 0. The second-order valence-corrected chi connectivity index (χ2v) is 8.82. The van der Waals surface area contributed by atoms with Gasteiger partial charge in [0.15, 0.2) is 0 Å². The summed E-state index contributed by atoms with van der Waals surface area (Å²) >= 11 is 0. The van der Waals surface area contributed by atoms with Crippen molar-refractivity contribution in [2.24, 2.45) is 0 Å². The van der Waals surface area contributed by atoms with Crippen molar-refractivity contribution >= 4 is 12.4 Å². The predicted octanol–water partition coefficient (Wildman–Crippen LogP) is 1.62. The van der Waals surface area contributed by atoms with E-state index in [0.29, 0.717) is 18.7 Å². The van der Waals surface area contributed by atoms with Crippen molar-refractivity contribution in [2.75, 3.05) is 19.7 Å². The molecule has 2 aliphatic rings. The number of carbonyl (C=O) groups excluding carboxylic acids is 1. The molecule has 0 unspecified atom stereocenters. The molecule has 1 amide bonds. The average molecular weight is 449 g/mol. The van der Waals surface area contributed by atoms with Crippen LogP contribution in [0.4, 0.5) is 0 Å². The highest BCUT2D eigenvalue weighted by Gasteiger charge is 2.49. The van der Waals surface area contributed by atoms with Gasteiger partial charge in [-0.15, -0.1) is 0 Å². The maximum atomic E-state index is 12.4. The van der Waals surface area contributed by atoms with E-state index in [1.165, 1.54) is 0 Å². The Morgan fingerprint density at radius 3 is 2.62 bits per heavy atom. The molecule has 0 radical (unpaired) electrons. The Morgan fingerprint density at radius 2 is 2.09 bits per heavy atom. The van der Waals surface area contributed by atoms with E-state index in [2.05, 4.69) is 20.4 Å². The van der Waals surface area contributed by atoms with Crippen LogP contribution in [0.25, 0.3) is 0 Å². The topological polar surface area (TPSA) is 141 Å². The van der Waals surface area contributed by atoms with Crippen LogP contribution >= 0.6 is 0 Å². The van der Waals surface area contributed by atoms with E-state index in [-0.39, 0.29) is 18.0 Å². The van der Waals surface area contributed by atoms with E-state index in [9.17, 15) is 9.90 Å². The minimum atomic E-state index is -1.02. The Labute approximate surface area is 186 Å². The van der Waals surface area contributed by atoms with Gasteiger partial charge in [-0.3, -0.25) is 14.5 Å². The van der Waals surface area contributed by atoms with Crippen molar-refractivity contribution in [1.29, 1.82) is 0 Å². The summed E-state index contributed by atoms with van der Waals surface area (Å²) in [4.78, 5) is 26.0. The summed E-state index contributed by atoms with van der Waals surface area (Å²) < 4.78 is 11.5. The number of carbonyl (C=O) groups is 2. The first-order valence-corrected chi connectivity index (χ1v) is 10.7. The molecule has 4 N–H and O–H groups in total. The fourth-order valence-electron chi connectivity index (χ4n) is 4.56. The molecule has 10 nitrogen and oxygen atoms in total. The molecule has 2 atom stereocenters. The number of nitrogens with zero attached hydrogens (tertiary/aromatic N) is 2. The highest BCUT2D eigenvalue weighted by Crippen LogP contribution is 2.40. The number of likely N-dealkylation sites (tertiary alicyclic amines) is 1. The van der Waals surface area contributed by atoms with Gasteiger partial charge >= 0.3 is 0 Å². The third-order valence-electron chi connectivity index (χ3n) is 6.47. The summed E-state index contributed by atoms with van der Waals surface area (Å²) in [6.45, 7) is 8.38. The van der Waals surface area contributed by atoms with Gasteiger partial charge in [0, 0.05) is 37.8 Å². The molecular formula is C22H32N4O6. The third-order valence-corrected chi connectivity index (χ3v) is 6.47. The van der Waals surface area contributed by atoms with E-state index in [4.69, 9.17) is 19.2 Å². The predicted molar refractivity (Wildman–Crippen MR) is 115 cm³/mol. The summed E-state index contributed by atoms with van der Waals surface area (Å²) in [6, 6.07) is 3.05. The molecule has 32 heavy (non-hydrogen) atoms. The van der Waals surface area contributed by atoms with Gasteiger partial charge in [0.1, 0.15) is 11.5 Å². The number of aromatic amines is 1. The summed E-state index contributed by atoms with van der Waals surface area (Å²) in [5.41, 5.74) is 1.22. The Morgan fingerprint density at radius 1 is 1.41 bits per heavy atom. The number of amides is 1. The third kappa shape index (κ3) is 5.37. The van der Waals surface area contributed by atoms with Gasteiger partial charge < -0.3 is 29.8 Å². The van der Waals surface area contributed by atoms with Gasteiger partial charge in [0.25, 0.3) is 12.4 Å². The Hall–Kier alpha value is -2.69. The molecule has 176 valence electrons. The molecule has 0 saturated carbocycles. The van der Waals surface area contributed by atoms with Gasteiger partial charge in [-0.05, 0) is 45.7 Å². The second-order valence-electron chi connectivity index (χ2n) is 8.82. The number of H-pyrrole nitrogens is 1. The Kier molecular flexibility index (Phi) is 7.37. The molecule has 2 saturated heterocycles. The maximum Gasteiger partial charge on any atom is 0.290 e. The van der Waals surface area contributed by atoms with Crippen LogP contribution in [0.1, 0.15) is 53.7 Å². The number of hydrogen-bond acceptors (Lipinski definition) is 7. The van der Waals surface area contributed by atoms with Crippen LogP contribution in [0.5, 0.6) is 0 Å². The lowest BCUT2D eigenvalue weighted by atomic mass is 9.75. The van der Waals surface area contributed by atoms with Crippen molar-refractivity contribution in [3.8, 4) is 0 Å². The SMILES string of the molecule is Cc1noc(C)c1CN1CCC2(CC1)C[C@](C)(O)[C@@H](NC(=O)c1ccc[nH]1)CO2.O=CO. The first-order chi connectivity index (χ1) is 15.2. The van der Waals surface area contributed by atoms with E-state index < -0.39 is 11.6 Å². The average Bonchev–Trinajstić information content (AvgIpc) is 3.38. The van der Waals surface area contributed by atoms with Crippen LogP contribution in [0.15, 0.2) is 22.9 Å². The number of piperidine rings is 1. The van der Waals surface area contributed by atoms with Crippen molar-refractivity contribution in [1.82, 2.24) is 20.4 Å². The second kappa shape index (κ2) is 9.85. The fourth-order valence-corrected chi connectivity index (χ4v) is 4.56. The molecule has 2 aliphatic heterocycles. The molecule has 2 aromatic heterocycles. The lowest BCUT2D eigenvalue weighted by molar-refractivity contribution is -0.186. The van der Waals surface area contributed by atoms with Gasteiger partial charge in [-0.1, -0.05) is 5.16 Å². The molecule has 0 aliphatic carbocycles. The zero-order valence-electron chi connectivity index (χ0n) is 18.8. The van der Waals surface area contributed by atoms with Crippen LogP contribution in [0.3, 0.4) is 0 Å². The summed E-state index contributed by atoms with van der Waals surface area (Å²) in [6.07, 6.45) is 3.91. The summed E-state index contributed by atoms with van der Waals surface area (Å²) in [5.74, 6) is 0.648. The minimum absolute atomic E-state index is 0.228. The van der Waals surface area contributed by atoms with Crippen LogP contribution in [0, 0.1) is 13.8 Å². The number of aryl methyl sites for hydroxylation is 2. The van der Waals surface area contributed by atoms with Gasteiger partial charge in [-0.25, -0.2) is 0 Å². The van der Waals surface area contributed by atoms with Gasteiger partial charge in [0.05, 0.1) is 29.5 Å². The molecule has 0 aromatic carbocycles. The van der Waals surface area contributed by atoms with E-state index in [1.54, 1.807) is 25.3 Å². The quantitative estimate of drug-likeness (QED) is 0.517. The number of hydrogen-bond donors (Lipinski definition) is 4. The van der Waals surface area contributed by atoms with Crippen molar-refractivity contribution in [3.05, 3.63) is 41.0 Å². The van der Waals surface area contributed by atoms with E-state index in [0.717, 1.165) is 49.5 Å². The highest BCUT2D eigenvalue weighted by molar-refractivity contribution is 5.92. The molecule has 4 heterocycles. The number of rotatable bonds is 4.